The smallest absolute Gasteiger partial charge is 0.503 e. The summed E-state index contributed by atoms with van der Waals surface area (Å²) in [6.07, 6.45) is -5.05. The number of aromatic nitrogens is 1. The lowest BCUT2D eigenvalue weighted by Crippen LogP contribution is -2.19. The van der Waals surface area contributed by atoms with Crippen LogP contribution in [0, 0.1) is 5.82 Å². The molecule has 1 rings (SSSR count). The highest BCUT2D eigenvalue weighted by Crippen LogP contribution is 2.36. The number of nitrogens with zero attached hydrogens (tertiary/aromatic N) is 1. The standard InChI is InChI=1S/C6H2ClF4NO4S/c7-17(14,15)5-3(8)4(2(13)1-12-5)16-6(9,10)11/h1,13H. The first-order valence-corrected chi connectivity index (χ1v) is 5.91. The van der Waals surface area contributed by atoms with Gasteiger partial charge >= 0.3 is 6.36 Å². The number of aromatic hydroxyl groups is 1. The van der Waals surface area contributed by atoms with E-state index in [4.69, 9.17) is 15.8 Å². The molecule has 0 aliphatic rings. The average Bonchev–Trinajstić information content (AvgIpc) is 2.08. The zero-order valence-electron chi connectivity index (χ0n) is 7.49. The second-order valence-corrected chi connectivity index (χ2v) is 5.06. The van der Waals surface area contributed by atoms with Crippen molar-refractivity contribution in [1.29, 1.82) is 0 Å². The van der Waals surface area contributed by atoms with Gasteiger partial charge in [-0.25, -0.2) is 13.4 Å². The van der Waals surface area contributed by atoms with Crippen LogP contribution in [0.2, 0.25) is 0 Å². The first-order valence-electron chi connectivity index (χ1n) is 3.60. The molecule has 0 aliphatic heterocycles. The van der Waals surface area contributed by atoms with Crippen molar-refractivity contribution in [1.82, 2.24) is 4.98 Å². The molecule has 1 aromatic rings. The molecule has 96 valence electrons. The summed E-state index contributed by atoms with van der Waals surface area (Å²) in [5.74, 6) is -5.06. The fourth-order valence-corrected chi connectivity index (χ4v) is 1.64. The Balaban J connectivity index is 3.41. The van der Waals surface area contributed by atoms with E-state index in [2.05, 4.69) is 9.72 Å². The Morgan fingerprint density at radius 1 is 1.41 bits per heavy atom. The lowest BCUT2D eigenvalue weighted by molar-refractivity contribution is -0.276. The highest BCUT2D eigenvalue weighted by atomic mass is 35.7. The largest absolute Gasteiger partial charge is 0.573 e. The van der Waals surface area contributed by atoms with Crippen LogP contribution in [0.5, 0.6) is 11.5 Å². The number of hydrogen-bond acceptors (Lipinski definition) is 5. The van der Waals surface area contributed by atoms with Gasteiger partial charge in [-0.05, 0) is 0 Å². The van der Waals surface area contributed by atoms with Gasteiger partial charge in [-0.1, -0.05) is 0 Å². The van der Waals surface area contributed by atoms with Crippen molar-refractivity contribution in [2.24, 2.45) is 0 Å². The first-order chi connectivity index (χ1) is 7.52. The van der Waals surface area contributed by atoms with Crippen molar-refractivity contribution < 1.29 is 35.8 Å². The molecular weight excluding hydrogens is 294 g/mol. The molecule has 0 radical (unpaired) electrons. The predicted octanol–water partition coefficient (Wildman–Crippen LogP) is 1.75. The molecule has 17 heavy (non-hydrogen) atoms. The van der Waals surface area contributed by atoms with Crippen molar-refractivity contribution in [2.75, 3.05) is 0 Å². The highest BCUT2D eigenvalue weighted by Gasteiger charge is 2.36. The zero-order chi connectivity index (χ0) is 13.4. The molecule has 0 atom stereocenters. The maximum atomic E-state index is 13.2. The summed E-state index contributed by atoms with van der Waals surface area (Å²) in [7, 11) is 0.00998. The zero-order valence-corrected chi connectivity index (χ0v) is 9.07. The molecule has 5 nitrogen and oxygen atoms in total. The van der Waals surface area contributed by atoms with E-state index in [0.717, 1.165) is 0 Å². The van der Waals surface area contributed by atoms with E-state index >= 15 is 0 Å². The summed E-state index contributed by atoms with van der Waals surface area (Å²) in [6.45, 7) is 0. The van der Waals surface area contributed by atoms with E-state index < -0.39 is 37.8 Å². The average molecular weight is 296 g/mol. The van der Waals surface area contributed by atoms with Crippen molar-refractivity contribution in [3.05, 3.63) is 12.0 Å². The van der Waals surface area contributed by atoms with E-state index in [0.29, 0.717) is 0 Å². The molecule has 0 aromatic carbocycles. The van der Waals surface area contributed by atoms with E-state index in [1.165, 1.54) is 0 Å². The molecule has 0 fully saturated rings. The maximum Gasteiger partial charge on any atom is 0.573 e. The third-order valence-electron chi connectivity index (χ3n) is 1.37. The van der Waals surface area contributed by atoms with Gasteiger partial charge in [0.05, 0.1) is 6.20 Å². The summed E-state index contributed by atoms with van der Waals surface area (Å²) >= 11 is 0. The van der Waals surface area contributed by atoms with Crippen LogP contribution in [0.3, 0.4) is 0 Å². The minimum absolute atomic E-state index is 0.263. The summed E-state index contributed by atoms with van der Waals surface area (Å²) in [4.78, 5) is 2.85. The highest BCUT2D eigenvalue weighted by molar-refractivity contribution is 8.13. The molecule has 11 heteroatoms. The molecule has 1 N–H and O–H groups in total. The Labute approximate surface area is 96.0 Å². The lowest BCUT2D eigenvalue weighted by Gasteiger charge is -2.11. The Morgan fingerprint density at radius 3 is 2.35 bits per heavy atom. The fraction of sp³-hybridized carbons (Fsp3) is 0.167. The van der Waals surface area contributed by atoms with E-state index in [1.807, 2.05) is 0 Å². The van der Waals surface area contributed by atoms with Crippen LogP contribution in [0.15, 0.2) is 11.2 Å². The SMILES string of the molecule is O=S(=O)(Cl)c1ncc(O)c(OC(F)(F)F)c1F. The van der Waals surface area contributed by atoms with Gasteiger partial charge in [0.15, 0.2) is 5.75 Å². The third-order valence-corrected chi connectivity index (χ3v) is 2.56. The molecule has 0 aliphatic carbocycles. The number of rotatable bonds is 2. The van der Waals surface area contributed by atoms with Gasteiger partial charge < -0.3 is 9.84 Å². The molecule has 0 unspecified atom stereocenters. The number of pyridine rings is 1. The van der Waals surface area contributed by atoms with Crippen molar-refractivity contribution in [3.63, 3.8) is 0 Å². The Hall–Kier alpha value is -1.29. The third kappa shape index (κ3) is 3.33. The van der Waals surface area contributed by atoms with Crippen LogP contribution >= 0.6 is 10.7 Å². The van der Waals surface area contributed by atoms with Crippen LogP contribution in [0.1, 0.15) is 0 Å². The van der Waals surface area contributed by atoms with Crippen LogP contribution in [0.25, 0.3) is 0 Å². The Morgan fingerprint density at radius 2 is 1.94 bits per heavy atom. The summed E-state index contributed by atoms with van der Waals surface area (Å²) in [5, 5.41) is 7.40. The molecular formula is C6H2ClF4NO4S. The van der Waals surface area contributed by atoms with E-state index in [1.54, 1.807) is 0 Å². The minimum Gasteiger partial charge on any atom is -0.503 e. The molecule has 0 amide bonds. The van der Waals surface area contributed by atoms with Gasteiger partial charge in [0.1, 0.15) is 0 Å². The topological polar surface area (TPSA) is 76.5 Å². The number of halogens is 5. The molecule has 0 bridgehead atoms. The Bertz CT molecular complexity index is 544. The summed E-state index contributed by atoms with van der Waals surface area (Å²) in [5.41, 5.74) is 0. The van der Waals surface area contributed by atoms with Crippen LogP contribution in [-0.2, 0) is 9.05 Å². The molecule has 1 heterocycles. The molecule has 0 saturated heterocycles. The fourth-order valence-electron chi connectivity index (χ4n) is 0.827. The van der Waals surface area contributed by atoms with Gasteiger partial charge in [0.2, 0.25) is 16.6 Å². The summed E-state index contributed by atoms with van der Waals surface area (Å²) in [6, 6.07) is 0. The quantitative estimate of drug-likeness (QED) is 0.664. The number of ether oxygens (including phenoxy) is 1. The maximum absolute atomic E-state index is 13.2. The molecule has 0 spiro atoms. The monoisotopic (exact) mass is 295 g/mol. The van der Waals surface area contributed by atoms with Crippen LogP contribution in [-0.4, -0.2) is 24.9 Å². The van der Waals surface area contributed by atoms with Gasteiger partial charge in [-0.3, -0.25) is 0 Å². The van der Waals surface area contributed by atoms with Gasteiger partial charge in [0.25, 0.3) is 9.05 Å². The van der Waals surface area contributed by atoms with Gasteiger partial charge in [-0.15, -0.1) is 13.2 Å². The van der Waals surface area contributed by atoms with Crippen LogP contribution < -0.4 is 4.74 Å². The van der Waals surface area contributed by atoms with Gasteiger partial charge in [-0.2, -0.15) is 4.39 Å². The second kappa shape index (κ2) is 4.18. The van der Waals surface area contributed by atoms with Crippen LogP contribution in [0.4, 0.5) is 17.6 Å². The van der Waals surface area contributed by atoms with E-state index in [9.17, 15) is 26.0 Å². The van der Waals surface area contributed by atoms with E-state index in [-0.39, 0.29) is 6.20 Å². The first kappa shape index (κ1) is 13.8. The molecule has 1 aromatic heterocycles. The summed E-state index contributed by atoms with van der Waals surface area (Å²) < 4.78 is 73.3. The van der Waals surface area contributed by atoms with Crippen molar-refractivity contribution in [2.45, 2.75) is 11.4 Å². The number of alkyl halides is 3. The van der Waals surface area contributed by atoms with Crippen molar-refractivity contribution in [3.8, 4) is 11.5 Å². The second-order valence-electron chi connectivity index (χ2n) is 2.58. The van der Waals surface area contributed by atoms with Crippen molar-refractivity contribution >= 4 is 19.7 Å². The minimum atomic E-state index is -5.31. The normalized spacial score (nSPS) is 12.5. The lowest BCUT2D eigenvalue weighted by atomic mass is 10.4. The Kier molecular flexibility index (Phi) is 3.39. The predicted molar refractivity (Wildman–Crippen MR) is 45.6 cm³/mol. The molecule has 0 saturated carbocycles. The number of hydrogen-bond donors (Lipinski definition) is 1. The van der Waals surface area contributed by atoms with Gasteiger partial charge in [0, 0.05) is 10.7 Å².